The molecule has 1 saturated carbocycles. The third-order valence-corrected chi connectivity index (χ3v) is 4.50. The van der Waals surface area contributed by atoms with Gasteiger partial charge in [0.15, 0.2) is 0 Å². The van der Waals surface area contributed by atoms with Gasteiger partial charge in [-0.25, -0.2) is 0 Å². The first-order chi connectivity index (χ1) is 8.29. The Morgan fingerprint density at radius 3 is 3.00 bits per heavy atom. The molecule has 96 valence electrons. The Morgan fingerprint density at radius 2 is 2.29 bits per heavy atom. The van der Waals surface area contributed by atoms with Gasteiger partial charge >= 0.3 is 0 Å². The van der Waals surface area contributed by atoms with E-state index in [1.807, 2.05) is 0 Å². The lowest BCUT2D eigenvalue weighted by Gasteiger charge is -2.33. The highest BCUT2D eigenvalue weighted by molar-refractivity contribution is 7.07. The third-order valence-electron chi connectivity index (χ3n) is 3.76. The number of hydrogen-bond acceptors (Lipinski definition) is 3. The van der Waals surface area contributed by atoms with E-state index in [0.717, 1.165) is 6.42 Å². The summed E-state index contributed by atoms with van der Waals surface area (Å²) in [5, 5.41) is 17.5. The van der Waals surface area contributed by atoms with Gasteiger partial charge < -0.3 is 10.4 Å². The van der Waals surface area contributed by atoms with Crippen molar-refractivity contribution < 1.29 is 5.11 Å². The zero-order chi connectivity index (χ0) is 12.1. The largest absolute Gasteiger partial charge is 0.396 e. The lowest BCUT2D eigenvalue weighted by Crippen LogP contribution is -2.45. The van der Waals surface area contributed by atoms with E-state index in [-0.39, 0.29) is 0 Å². The van der Waals surface area contributed by atoms with Gasteiger partial charge in [-0.3, -0.25) is 0 Å². The molecule has 2 rings (SSSR count). The molecule has 0 aliphatic heterocycles. The van der Waals surface area contributed by atoms with Crippen molar-refractivity contribution >= 4 is 11.3 Å². The normalized spacial score (nSPS) is 26.9. The van der Waals surface area contributed by atoms with Crippen molar-refractivity contribution in [2.24, 2.45) is 5.92 Å². The molecule has 17 heavy (non-hydrogen) atoms. The van der Waals surface area contributed by atoms with E-state index in [4.69, 9.17) is 0 Å². The fraction of sp³-hybridized carbons (Fsp3) is 0.714. The van der Waals surface area contributed by atoms with Crippen LogP contribution in [0.25, 0.3) is 0 Å². The standard InChI is InChI=1S/C14H23NOS/c1-11(8-12-6-7-17-10-12)15-14-5-3-2-4-13(14)9-16/h6-7,10-11,13-16H,2-5,8-9H2,1H3/t11-,13-,14+/m1/s1. The van der Waals surface area contributed by atoms with Crippen molar-refractivity contribution in [3.63, 3.8) is 0 Å². The van der Waals surface area contributed by atoms with Gasteiger partial charge in [0.1, 0.15) is 0 Å². The van der Waals surface area contributed by atoms with Crippen LogP contribution in [0.1, 0.15) is 38.2 Å². The van der Waals surface area contributed by atoms with Gasteiger partial charge in [-0.15, -0.1) is 0 Å². The summed E-state index contributed by atoms with van der Waals surface area (Å²) in [7, 11) is 0. The van der Waals surface area contributed by atoms with Gasteiger partial charge in [0.2, 0.25) is 0 Å². The summed E-state index contributed by atoms with van der Waals surface area (Å²) in [6.45, 7) is 2.59. The fourth-order valence-electron chi connectivity index (χ4n) is 2.83. The topological polar surface area (TPSA) is 32.3 Å². The zero-order valence-electron chi connectivity index (χ0n) is 10.6. The van der Waals surface area contributed by atoms with Crippen molar-refractivity contribution in [1.29, 1.82) is 0 Å². The Hall–Kier alpha value is -0.380. The van der Waals surface area contributed by atoms with E-state index in [1.165, 1.54) is 31.2 Å². The van der Waals surface area contributed by atoms with E-state index in [0.29, 0.717) is 24.6 Å². The molecule has 2 nitrogen and oxygen atoms in total. The minimum absolute atomic E-state index is 0.336. The highest BCUT2D eigenvalue weighted by atomic mass is 32.1. The van der Waals surface area contributed by atoms with Crippen LogP contribution in [0.5, 0.6) is 0 Å². The molecule has 1 aliphatic carbocycles. The van der Waals surface area contributed by atoms with Crippen LogP contribution in [0.4, 0.5) is 0 Å². The number of rotatable bonds is 5. The fourth-order valence-corrected chi connectivity index (χ4v) is 3.51. The van der Waals surface area contributed by atoms with Gasteiger partial charge in [-0.05, 0) is 54.5 Å². The van der Waals surface area contributed by atoms with E-state index in [1.54, 1.807) is 11.3 Å². The van der Waals surface area contributed by atoms with Crippen LogP contribution in [-0.4, -0.2) is 23.8 Å². The molecule has 1 fully saturated rings. The van der Waals surface area contributed by atoms with Crippen LogP contribution >= 0.6 is 11.3 Å². The summed E-state index contributed by atoms with van der Waals surface area (Å²) >= 11 is 1.76. The molecule has 0 aromatic carbocycles. The van der Waals surface area contributed by atoms with Crippen LogP contribution in [-0.2, 0) is 6.42 Å². The van der Waals surface area contributed by atoms with E-state index < -0.39 is 0 Å². The lowest BCUT2D eigenvalue weighted by atomic mass is 9.84. The number of aliphatic hydroxyl groups excluding tert-OH is 1. The maximum absolute atomic E-state index is 9.39. The second-order valence-electron chi connectivity index (χ2n) is 5.24. The molecule has 1 aliphatic rings. The summed E-state index contributed by atoms with van der Waals surface area (Å²) in [6, 6.07) is 3.22. The SMILES string of the molecule is C[C@H](Cc1ccsc1)N[C@H]1CCCC[C@@H]1CO. The number of aliphatic hydroxyl groups is 1. The summed E-state index contributed by atoms with van der Waals surface area (Å²) in [4.78, 5) is 0. The molecule has 0 radical (unpaired) electrons. The smallest absolute Gasteiger partial charge is 0.0474 e. The predicted octanol–water partition coefficient (Wildman–Crippen LogP) is 2.82. The molecule has 1 heterocycles. The van der Waals surface area contributed by atoms with E-state index in [2.05, 4.69) is 29.1 Å². The third kappa shape index (κ3) is 3.80. The average molecular weight is 253 g/mol. The Labute approximate surface area is 108 Å². The number of hydrogen-bond donors (Lipinski definition) is 2. The first-order valence-electron chi connectivity index (χ1n) is 6.67. The second kappa shape index (κ2) is 6.53. The van der Waals surface area contributed by atoms with E-state index >= 15 is 0 Å². The molecule has 3 heteroatoms. The maximum atomic E-state index is 9.39. The first kappa shape index (κ1) is 13.1. The Balaban J connectivity index is 1.82. The predicted molar refractivity (Wildman–Crippen MR) is 73.5 cm³/mol. The van der Waals surface area contributed by atoms with Crippen LogP contribution in [0, 0.1) is 5.92 Å². The average Bonchev–Trinajstić information content (AvgIpc) is 2.82. The highest BCUT2D eigenvalue weighted by Gasteiger charge is 2.25. The molecule has 0 saturated heterocycles. The van der Waals surface area contributed by atoms with Crippen LogP contribution in [0.3, 0.4) is 0 Å². The molecular weight excluding hydrogens is 230 g/mol. The Kier molecular flexibility index (Phi) is 5.01. The van der Waals surface area contributed by atoms with Crippen LogP contribution in [0.15, 0.2) is 16.8 Å². The molecule has 0 amide bonds. The molecule has 0 bridgehead atoms. The van der Waals surface area contributed by atoms with Crippen molar-refractivity contribution in [3.05, 3.63) is 22.4 Å². The summed E-state index contributed by atoms with van der Waals surface area (Å²) in [6.07, 6.45) is 6.08. The minimum Gasteiger partial charge on any atom is -0.396 e. The van der Waals surface area contributed by atoms with Gasteiger partial charge in [0.25, 0.3) is 0 Å². The van der Waals surface area contributed by atoms with Crippen LogP contribution < -0.4 is 5.32 Å². The minimum atomic E-state index is 0.336. The zero-order valence-corrected chi connectivity index (χ0v) is 11.4. The Morgan fingerprint density at radius 1 is 1.47 bits per heavy atom. The van der Waals surface area contributed by atoms with Crippen molar-refractivity contribution in [1.82, 2.24) is 5.32 Å². The quantitative estimate of drug-likeness (QED) is 0.846. The Bertz CT molecular complexity index is 312. The number of thiophene rings is 1. The molecule has 2 N–H and O–H groups in total. The van der Waals surface area contributed by atoms with Crippen LogP contribution in [0.2, 0.25) is 0 Å². The van der Waals surface area contributed by atoms with E-state index in [9.17, 15) is 5.11 Å². The summed E-state index contributed by atoms with van der Waals surface area (Å²) in [5.74, 6) is 0.466. The molecule has 1 aromatic rings. The van der Waals surface area contributed by atoms with Gasteiger partial charge in [0.05, 0.1) is 0 Å². The van der Waals surface area contributed by atoms with Crippen molar-refractivity contribution in [3.8, 4) is 0 Å². The monoisotopic (exact) mass is 253 g/mol. The molecule has 1 aromatic heterocycles. The second-order valence-corrected chi connectivity index (χ2v) is 6.02. The van der Waals surface area contributed by atoms with Gasteiger partial charge in [0, 0.05) is 18.7 Å². The maximum Gasteiger partial charge on any atom is 0.0474 e. The molecular formula is C14H23NOS. The summed E-state index contributed by atoms with van der Waals surface area (Å²) in [5.41, 5.74) is 1.42. The van der Waals surface area contributed by atoms with Gasteiger partial charge in [-0.1, -0.05) is 12.8 Å². The van der Waals surface area contributed by atoms with Crippen molar-refractivity contribution in [2.45, 2.75) is 51.1 Å². The number of nitrogens with one attached hydrogen (secondary N) is 1. The van der Waals surface area contributed by atoms with Crippen molar-refractivity contribution in [2.75, 3.05) is 6.61 Å². The summed E-state index contributed by atoms with van der Waals surface area (Å²) < 4.78 is 0. The molecule has 3 atom stereocenters. The molecule has 0 spiro atoms. The lowest BCUT2D eigenvalue weighted by molar-refractivity contribution is 0.147. The first-order valence-corrected chi connectivity index (χ1v) is 7.62. The molecule has 0 unspecified atom stereocenters. The van der Waals surface area contributed by atoms with Gasteiger partial charge in [-0.2, -0.15) is 11.3 Å². The highest BCUT2D eigenvalue weighted by Crippen LogP contribution is 2.24.